The summed E-state index contributed by atoms with van der Waals surface area (Å²) in [4.78, 5) is 4.03. The van der Waals surface area contributed by atoms with Crippen molar-refractivity contribution in [1.82, 2.24) is 9.55 Å². The van der Waals surface area contributed by atoms with Crippen molar-refractivity contribution in [3.05, 3.63) is 48.5 Å². The molecule has 3 heteroatoms. The van der Waals surface area contributed by atoms with Gasteiger partial charge in [0.1, 0.15) is 5.75 Å². The Hall–Kier alpha value is -1.77. The average Bonchev–Trinajstić information content (AvgIpc) is 2.91. The van der Waals surface area contributed by atoms with Gasteiger partial charge >= 0.3 is 0 Å². The maximum atomic E-state index is 5.84. The zero-order valence-corrected chi connectivity index (χ0v) is 12.7. The number of aromatic nitrogens is 2. The van der Waals surface area contributed by atoms with Crippen LogP contribution in [0.5, 0.6) is 5.75 Å². The SMILES string of the molecule is CC(C)(C)c1cccc(OCCCCn2ccnc2)c1. The van der Waals surface area contributed by atoms with Crippen molar-refractivity contribution >= 4 is 0 Å². The normalized spacial score (nSPS) is 11.6. The lowest BCUT2D eigenvalue weighted by Gasteiger charge is -2.19. The number of hydrogen-bond acceptors (Lipinski definition) is 2. The number of benzene rings is 1. The van der Waals surface area contributed by atoms with Gasteiger partial charge in [0, 0.05) is 18.9 Å². The second-order valence-corrected chi connectivity index (χ2v) is 6.13. The molecule has 0 aliphatic rings. The summed E-state index contributed by atoms with van der Waals surface area (Å²) in [6.45, 7) is 8.43. The highest BCUT2D eigenvalue weighted by Crippen LogP contribution is 2.25. The fourth-order valence-electron chi connectivity index (χ4n) is 2.06. The minimum Gasteiger partial charge on any atom is -0.494 e. The van der Waals surface area contributed by atoms with Crippen LogP contribution in [-0.4, -0.2) is 16.2 Å². The van der Waals surface area contributed by atoms with Crippen LogP contribution >= 0.6 is 0 Å². The summed E-state index contributed by atoms with van der Waals surface area (Å²) in [7, 11) is 0. The second kappa shape index (κ2) is 6.60. The molecule has 0 saturated heterocycles. The Bertz CT molecular complexity index is 512. The van der Waals surface area contributed by atoms with Crippen LogP contribution in [0.2, 0.25) is 0 Å². The first-order chi connectivity index (χ1) is 9.55. The number of nitrogens with zero attached hydrogens (tertiary/aromatic N) is 2. The number of imidazole rings is 1. The Morgan fingerprint density at radius 2 is 2.05 bits per heavy atom. The van der Waals surface area contributed by atoms with Crippen LogP contribution in [0.15, 0.2) is 43.0 Å². The Kier molecular flexibility index (Phi) is 4.83. The summed E-state index contributed by atoms with van der Waals surface area (Å²) in [5.41, 5.74) is 1.48. The Morgan fingerprint density at radius 3 is 2.75 bits per heavy atom. The van der Waals surface area contributed by atoms with Crippen LogP contribution in [-0.2, 0) is 12.0 Å². The van der Waals surface area contributed by atoms with Crippen molar-refractivity contribution in [3.8, 4) is 5.75 Å². The molecule has 0 radical (unpaired) electrons. The van der Waals surface area contributed by atoms with E-state index in [1.54, 1.807) is 0 Å². The Balaban J connectivity index is 1.74. The maximum Gasteiger partial charge on any atom is 0.119 e. The predicted molar refractivity (Wildman–Crippen MR) is 82.1 cm³/mol. The van der Waals surface area contributed by atoms with Gasteiger partial charge in [-0.25, -0.2) is 4.98 Å². The zero-order chi connectivity index (χ0) is 14.4. The van der Waals surface area contributed by atoms with Crippen LogP contribution in [0.4, 0.5) is 0 Å². The number of ether oxygens (including phenoxy) is 1. The average molecular weight is 272 g/mol. The third-order valence-electron chi connectivity index (χ3n) is 3.34. The van der Waals surface area contributed by atoms with E-state index in [-0.39, 0.29) is 5.41 Å². The van der Waals surface area contributed by atoms with Crippen LogP contribution in [0, 0.1) is 0 Å². The van der Waals surface area contributed by atoms with Crippen molar-refractivity contribution in [1.29, 1.82) is 0 Å². The standard InChI is InChI=1S/C17H24N2O/c1-17(2,3)15-7-6-8-16(13-15)20-12-5-4-10-19-11-9-18-14-19/h6-9,11,13-14H,4-5,10,12H2,1-3H3. The molecule has 0 aliphatic heterocycles. The molecule has 0 spiro atoms. The van der Waals surface area contributed by atoms with Gasteiger partial charge in [-0.15, -0.1) is 0 Å². The van der Waals surface area contributed by atoms with E-state index in [1.165, 1.54) is 5.56 Å². The Labute approximate surface area is 121 Å². The van der Waals surface area contributed by atoms with Crippen molar-refractivity contribution in [2.45, 2.75) is 45.6 Å². The van der Waals surface area contributed by atoms with Crippen LogP contribution in [0.25, 0.3) is 0 Å². The first kappa shape index (κ1) is 14.6. The van der Waals surface area contributed by atoms with Gasteiger partial charge in [-0.05, 0) is 36.0 Å². The minimum absolute atomic E-state index is 0.167. The van der Waals surface area contributed by atoms with Crippen LogP contribution < -0.4 is 4.74 Å². The molecule has 20 heavy (non-hydrogen) atoms. The van der Waals surface area contributed by atoms with Gasteiger partial charge in [-0.2, -0.15) is 0 Å². The van der Waals surface area contributed by atoms with Gasteiger partial charge in [0.05, 0.1) is 12.9 Å². The second-order valence-electron chi connectivity index (χ2n) is 6.13. The molecule has 0 unspecified atom stereocenters. The van der Waals surface area contributed by atoms with Crippen LogP contribution in [0.1, 0.15) is 39.2 Å². The van der Waals surface area contributed by atoms with Gasteiger partial charge in [0.25, 0.3) is 0 Å². The van der Waals surface area contributed by atoms with Gasteiger partial charge in [-0.3, -0.25) is 0 Å². The fourth-order valence-corrected chi connectivity index (χ4v) is 2.06. The molecular formula is C17H24N2O. The van der Waals surface area contributed by atoms with Crippen LogP contribution in [0.3, 0.4) is 0 Å². The van der Waals surface area contributed by atoms with Crippen molar-refractivity contribution in [3.63, 3.8) is 0 Å². The molecule has 2 rings (SSSR count). The Morgan fingerprint density at radius 1 is 1.20 bits per heavy atom. The number of unbranched alkanes of at least 4 members (excludes halogenated alkanes) is 1. The van der Waals surface area contributed by atoms with Crippen molar-refractivity contribution in [2.24, 2.45) is 0 Å². The van der Waals surface area contributed by atoms with Gasteiger partial charge < -0.3 is 9.30 Å². The van der Waals surface area contributed by atoms with E-state index in [1.807, 2.05) is 24.8 Å². The lowest BCUT2D eigenvalue weighted by atomic mass is 9.87. The first-order valence-electron chi connectivity index (χ1n) is 7.25. The monoisotopic (exact) mass is 272 g/mol. The summed E-state index contributed by atoms with van der Waals surface area (Å²) < 4.78 is 7.93. The molecule has 0 saturated carbocycles. The van der Waals surface area contributed by atoms with E-state index in [0.717, 1.165) is 31.7 Å². The summed E-state index contributed by atoms with van der Waals surface area (Å²) in [6, 6.07) is 8.41. The molecule has 0 aliphatic carbocycles. The minimum atomic E-state index is 0.167. The van der Waals surface area contributed by atoms with E-state index < -0.39 is 0 Å². The number of rotatable bonds is 6. The van der Waals surface area contributed by atoms with Gasteiger partial charge in [0.2, 0.25) is 0 Å². The van der Waals surface area contributed by atoms with Crippen molar-refractivity contribution < 1.29 is 4.74 Å². The molecule has 0 amide bonds. The van der Waals surface area contributed by atoms with Gasteiger partial charge in [-0.1, -0.05) is 32.9 Å². The van der Waals surface area contributed by atoms with E-state index in [4.69, 9.17) is 4.74 Å². The molecule has 3 nitrogen and oxygen atoms in total. The molecule has 1 aromatic heterocycles. The van der Waals surface area contributed by atoms with E-state index >= 15 is 0 Å². The summed E-state index contributed by atoms with van der Waals surface area (Å²) >= 11 is 0. The number of hydrogen-bond donors (Lipinski definition) is 0. The van der Waals surface area contributed by atoms with Crippen molar-refractivity contribution in [2.75, 3.05) is 6.61 Å². The summed E-state index contributed by atoms with van der Waals surface area (Å²) in [6.07, 6.45) is 7.82. The molecule has 2 aromatic rings. The van der Waals surface area contributed by atoms with E-state index in [0.29, 0.717) is 0 Å². The smallest absolute Gasteiger partial charge is 0.119 e. The molecular weight excluding hydrogens is 248 g/mol. The van der Waals surface area contributed by atoms with E-state index in [2.05, 4.69) is 48.5 Å². The topological polar surface area (TPSA) is 27.1 Å². The summed E-state index contributed by atoms with van der Waals surface area (Å²) in [5.74, 6) is 0.972. The predicted octanol–water partition coefficient (Wildman–Crippen LogP) is 4.04. The van der Waals surface area contributed by atoms with E-state index in [9.17, 15) is 0 Å². The maximum absolute atomic E-state index is 5.84. The molecule has 0 N–H and O–H groups in total. The highest BCUT2D eigenvalue weighted by Gasteiger charge is 2.13. The van der Waals surface area contributed by atoms with Gasteiger partial charge in [0.15, 0.2) is 0 Å². The largest absolute Gasteiger partial charge is 0.494 e. The third kappa shape index (κ3) is 4.41. The molecule has 1 aromatic carbocycles. The first-order valence-corrected chi connectivity index (χ1v) is 7.25. The molecule has 0 atom stereocenters. The quantitative estimate of drug-likeness (QED) is 0.742. The molecule has 0 bridgehead atoms. The molecule has 0 fully saturated rings. The lowest BCUT2D eigenvalue weighted by Crippen LogP contribution is -2.11. The molecule has 108 valence electrons. The zero-order valence-electron chi connectivity index (χ0n) is 12.7. The lowest BCUT2D eigenvalue weighted by molar-refractivity contribution is 0.302. The number of aryl methyl sites for hydroxylation is 1. The molecule has 1 heterocycles. The highest BCUT2D eigenvalue weighted by atomic mass is 16.5. The third-order valence-corrected chi connectivity index (χ3v) is 3.34. The fraction of sp³-hybridized carbons (Fsp3) is 0.471. The summed E-state index contributed by atoms with van der Waals surface area (Å²) in [5, 5.41) is 0. The highest BCUT2D eigenvalue weighted by molar-refractivity contribution is 5.32.